The molecule has 122 valence electrons. The average Bonchev–Trinajstić information content (AvgIpc) is 2.94. The largest absolute Gasteiger partial charge is 0.390 e. The smallest absolute Gasteiger partial charge is 0.137 e. The van der Waals surface area contributed by atoms with E-state index < -0.39 is 6.10 Å². The minimum Gasteiger partial charge on any atom is -0.390 e. The van der Waals surface area contributed by atoms with Crippen LogP contribution in [-0.2, 0) is 4.74 Å². The third-order valence-electron chi connectivity index (χ3n) is 3.71. The molecule has 1 rings (SSSR count). The Morgan fingerprint density at radius 1 is 1.19 bits per heavy atom. The van der Waals surface area contributed by atoms with Crippen LogP contribution in [0.15, 0.2) is 12.7 Å². The third kappa shape index (κ3) is 6.57. The van der Waals surface area contributed by atoms with Crippen molar-refractivity contribution in [1.82, 2.24) is 14.8 Å². The van der Waals surface area contributed by atoms with Gasteiger partial charge in [0, 0.05) is 13.2 Å². The van der Waals surface area contributed by atoms with E-state index in [1.54, 1.807) is 11.0 Å². The van der Waals surface area contributed by atoms with Gasteiger partial charge in [-0.1, -0.05) is 34.1 Å². The van der Waals surface area contributed by atoms with Gasteiger partial charge in [0.05, 0.1) is 12.1 Å². The lowest BCUT2D eigenvalue weighted by molar-refractivity contribution is 0.00765. The van der Waals surface area contributed by atoms with Gasteiger partial charge in [0.25, 0.3) is 0 Å². The first-order chi connectivity index (χ1) is 9.96. The molecule has 5 heteroatoms. The molecule has 0 amide bonds. The molecule has 21 heavy (non-hydrogen) atoms. The highest BCUT2D eigenvalue weighted by Gasteiger charge is 2.31. The molecule has 0 saturated carbocycles. The minimum atomic E-state index is -0.444. The molecule has 1 N–H and O–H groups in total. The van der Waals surface area contributed by atoms with Crippen molar-refractivity contribution >= 4 is 0 Å². The summed E-state index contributed by atoms with van der Waals surface area (Å²) in [5, 5.41) is 14.8. The van der Waals surface area contributed by atoms with Crippen molar-refractivity contribution in [1.29, 1.82) is 0 Å². The quantitative estimate of drug-likeness (QED) is 0.674. The van der Waals surface area contributed by atoms with Gasteiger partial charge in [0.15, 0.2) is 0 Å². The van der Waals surface area contributed by atoms with Crippen molar-refractivity contribution < 1.29 is 9.84 Å². The van der Waals surface area contributed by atoms with E-state index in [1.807, 2.05) is 0 Å². The molecule has 0 aliphatic heterocycles. The van der Waals surface area contributed by atoms with Gasteiger partial charge in [0.1, 0.15) is 12.7 Å². The molecule has 0 bridgehead atoms. The Hall–Kier alpha value is -0.940. The SMILES string of the molecule is CCCCOCCCCC(C(O)C(C)(C)C)n1cncn1. The summed E-state index contributed by atoms with van der Waals surface area (Å²) in [5.41, 5.74) is -0.172. The molecule has 0 aliphatic rings. The highest BCUT2D eigenvalue weighted by molar-refractivity contribution is 4.84. The fourth-order valence-electron chi connectivity index (χ4n) is 2.31. The van der Waals surface area contributed by atoms with E-state index in [2.05, 4.69) is 37.8 Å². The molecular weight excluding hydrogens is 266 g/mol. The molecule has 0 saturated heterocycles. The Bertz CT molecular complexity index is 360. The minimum absolute atomic E-state index is 0.0249. The Kier molecular flexibility index (Phi) is 7.89. The number of aliphatic hydroxyl groups excluding tert-OH is 1. The van der Waals surface area contributed by atoms with E-state index >= 15 is 0 Å². The molecule has 0 radical (unpaired) electrons. The van der Waals surface area contributed by atoms with Gasteiger partial charge in [-0.3, -0.25) is 0 Å². The molecule has 0 aromatic carbocycles. The fraction of sp³-hybridized carbons (Fsp3) is 0.875. The predicted molar refractivity (Wildman–Crippen MR) is 84.1 cm³/mol. The standard InChI is InChI=1S/C16H31N3O2/c1-5-6-10-21-11-8-7-9-14(15(20)16(2,3)4)19-13-17-12-18-19/h12-15,20H,5-11H2,1-4H3. The zero-order chi connectivity index (χ0) is 15.7. The summed E-state index contributed by atoms with van der Waals surface area (Å²) in [6.45, 7) is 9.98. The maximum Gasteiger partial charge on any atom is 0.137 e. The van der Waals surface area contributed by atoms with E-state index in [0.29, 0.717) is 0 Å². The van der Waals surface area contributed by atoms with Gasteiger partial charge in [-0.25, -0.2) is 9.67 Å². The van der Waals surface area contributed by atoms with Crippen LogP contribution in [-0.4, -0.2) is 39.2 Å². The van der Waals surface area contributed by atoms with Crippen LogP contribution in [0.1, 0.15) is 65.8 Å². The Morgan fingerprint density at radius 3 is 2.48 bits per heavy atom. The van der Waals surface area contributed by atoms with Gasteiger partial charge in [-0.15, -0.1) is 0 Å². The first kappa shape index (κ1) is 18.1. The second-order valence-corrected chi connectivity index (χ2v) is 6.72. The van der Waals surface area contributed by atoms with Crippen LogP contribution in [0.4, 0.5) is 0 Å². The predicted octanol–water partition coefficient (Wildman–Crippen LogP) is 3.21. The van der Waals surface area contributed by atoms with Crippen molar-refractivity contribution in [2.45, 2.75) is 71.9 Å². The molecule has 1 heterocycles. The van der Waals surface area contributed by atoms with Gasteiger partial charge in [0.2, 0.25) is 0 Å². The molecule has 1 aromatic heterocycles. The van der Waals surface area contributed by atoms with Crippen LogP contribution in [0.25, 0.3) is 0 Å². The lowest BCUT2D eigenvalue weighted by Crippen LogP contribution is -2.35. The van der Waals surface area contributed by atoms with Crippen LogP contribution in [0, 0.1) is 5.41 Å². The van der Waals surface area contributed by atoms with Gasteiger partial charge >= 0.3 is 0 Å². The van der Waals surface area contributed by atoms with E-state index in [0.717, 1.165) is 38.9 Å². The van der Waals surface area contributed by atoms with Crippen molar-refractivity contribution in [3.8, 4) is 0 Å². The summed E-state index contributed by atoms with van der Waals surface area (Å²) in [4.78, 5) is 4.00. The number of unbranched alkanes of at least 4 members (excludes halogenated alkanes) is 2. The van der Waals surface area contributed by atoms with E-state index in [4.69, 9.17) is 4.74 Å². The summed E-state index contributed by atoms with van der Waals surface area (Å²) in [7, 11) is 0. The highest BCUT2D eigenvalue weighted by Crippen LogP contribution is 2.30. The fourth-order valence-corrected chi connectivity index (χ4v) is 2.31. The van der Waals surface area contributed by atoms with Crippen molar-refractivity contribution in [2.75, 3.05) is 13.2 Å². The zero-order valence-electron chi connectivity index (χ0n) is 14.0. The molecule has 5 nitrogen and oxygen atoms in total. The van der Waals surface area contributed by atoms with Gasteiger partial charge in [-0.2, -0.15) is 5.10 Å². The Balaban J connectivity index is 2.41. The van der Waals surface area contributed by atoms with E-state index in [9.17, 15) is 5.11 Å². The summed E-state index contributed by atoms with van der Waals surface area (Å²) < 4.78 is 7.36. The monoisotopic (exact) mass is 297 g/mol. The van der Waals surface area contributed by atoms with Crippen molar-refractivity contribution in [2.24, 2.45) is 5.41 Å². The van der Waals surface area contributed by atoms with Crippen LogP contribution in [0.5, 0.6) is 0 Å². The summed E-state index contributed by atoms with van der Waals surface area (Å²) >= 11 is 0. The Morgan fingerprint density at radius 2 is 1.90 bits per heavy atom. The third-order valence-corrected chi connectivity index (χ3v) is 3.71. The molecule has 1 aromatic rings. The second-order valence-electron chi connectivity index (χ2n) is 6.72. The van der Waals surface area contributed by atoms with Gasteiger partial charge in [-0.05, 0) is 31.1 Å². The highest BCUT2D eigenvalue weighted by atomic mass is 16.5. The number of nitrogens with zero attached hydrogens (tertiary/aromatic N) is 3. The zero-order valence-corrected chi connectivity index (χ0v) is 14.0. The number of hydrogen-bond acceptors (Lipinski definition) is 4. The molecule has 0 spiro atoms. The van der Waals surface area contributed by atoms with Crippen molar-refractivity contribution in [3.05, 3.63) is 12.7 Å². The molecule has 0 fully saturated rings. The number of rotatable bonds is 10. The normalized spacial score (nSPS) is 15.1. The van der Waals surface area contributed by atoms with E-state index in [1.165, 1.54) is 12.7 Å². The second kappa shape index (κ2) is 9.15. The number of aromatic nitrogens is 3. The van der Waals surface area contributed by atoms with E-state index in [-0.39, 0.29) is 11.5 Å². The Labute approximate surface area is 128 Å². The molecular formula is C16H31N3O2. The number of aliphatic hydroxyl groups is 1. The summed E-state index contributed by atoms with van der Waals surface area (Å²) in [6, 6.07) is -0.0249. The first-order valence-electron chi connectivity index (χ1n) is 8.06. The van der Waals surface area contributed by atoms with Crippen LogP contribution in [0.3, 0.4) is 0 Å². The lowest BCUT2D eigenvalue weighted by Gasteiger charge is -2.33. The average molecular weight is 297 g/mol. The van der Waals surface area contributed by atoms with Crippen LogP contribution < -0.4 is 0 Å². The van der Waals surface area contributed by atoms with Crippen LogP contribution in [0.2, 0.25) is 0 Å². The maximum atomic E-state index is 10.6. The summed E-state index contributed by atoms with van der Waals surface area (Å²) in [6.07, 6.45) is 8.00. The molecule has 2 atom stereocenters. The number of ether oxygens (including phenoxy) is 1. The number of hydrogen-bond donors (Lipinski definition) is 1. The summed E-state index contributed by atoms with van der Waals surface area (Å²) in [5.74, 6) is 0. The lowest BCUT2D eigenvalue weighted by atomic mass is 9.83. The topological polar surface area (TPSA) is 60.2 Å². The van der Waals surface area contributed by atoms with Gasteiger partial charge < -0.3 is 9.84 Å². The maximum absolute atomic E-state index is 10.6. The van der Waals surface area contributed by atoms with Crippen LogP contribution >= 0.6 is 0 Å². The first-order valence-corrected chi connectivity index (χ1v) is 8.06. The molecule has 0 aliphatic carbocycles. The molecule has 2 unspecified atom stereocenters. The van der Waals surface area contributed by atoms with Crippen molar-refractivity contribution in [3.63, 3.8) is 0 Å².